The number of fused-ring (bicyclic) bond motifs is 1. The van der Waals surface area contributed by atoms with Crippen LogP contribution in [-0.4, -0.2) is 41.4 Å². The topological polar surface area (TPSA) is 94.4 Å². The summed E-state index contributed by atoms with van der Waals surface area (Å²) in [6.07, 6.45) is 0. The van der Waals surface area contributed by atoms with Crippen molar-refractivity contribution >= 4 is 40.7 Å². The van der Waals surface area contributed by atoms with Gasteiger partial charge in [0, 0.05) is 5.69 Å². The van der Waals surface area contributed by atoms with Crippen LogP contribution in [0.5, 0.6) is 0 Å². The number of benzene rings is 2. The second-order valence-electron chi connectivity index (χ2n) is 6.72. The van der Waals surface area contributed by atoms with E-state index in [0.29, 0.717) is 5.69 Å². The highest BCUT2D eigenvalue weighted by molar-refractivity contribution is 6.32. The van der Waals surface area contributed by atoms with Crippen molar-refractivity contribution in [1.29, 1.82) is 0 Å². The normalized spacial score (nSPS) is 20.4. The summed E-state index contributed by atoms with van der Waals surface area (Å²) in [5.41, 5.74) is 1.73. The van der Waals surface area contributed by atoms with E-state index in [-0.39, 0.29) is 17.3 Å². The minimum absolute atomic E-state index is 0.139. The number of carbonyl (C=O) groups is 3. The monoisotopic (exact) mass is 415 g/mol. The molecule has 2 atom stereocenters. The highest BCUT2D eigenvalue weighted by Crippen LogP contribution is 2.33. The number of amides is 3. The molecule has 1 fully saturated rings. The summed E-state index contributed by atoms with van der Waals surface area (Å²) >= 11 is 5.76. The van der Waals surface area contributed by atoms with Crippen LogP contribution in [0.4, 0.5) is 15.8 Å². The number of halogens is 2. The number of imide groups is 1. The molecular weight excluding hydrogens is 401 g/mol. The van der Waals surface area contributed by atoms with Crippen LogP contribution in [0.1, 0.15) is 5.56 Å². The lowest BCUT2D eigenvalue weighted by molar-refractivity contribution is -0.123. The predicted molar refractivity (Wildman–Crippen MR) is 103 cm³/mol. The minimum Gasteiger partial charge on any atom is -0.324 e. The minimum atomic E-state index is -1.06. The number of hydrogen-bond acceptors (Lipinski definition) is 6. The quantitative estimate of drug-likeness (QED) is 0.777. The molecule has 0 bridgehead atoms. The maximum atomic E-state index is 13.4. The fourth-order valence-electron chi connectivity index (χ4n) is 3.30. The van der Waals surface area contributed by atoms with Gasteiger partial charge in [0.2, 0.25) is 5.91 Å². The fraction of sp³-hybridized carbons (Fsp3) is 0.211. The molecule has 3 amide bonds. The van der Waals surface area contributed by atoms with Crippen LogP contribution in [-0.2, 0) is 14.4 Å². The van der Waals surface area contributed by atoms with Gasteiger partial charge in [0.1, 0.15) is 12.4 Å². The van der Waals surface area contributed by atoms with Crippen LogP contribution in [0, 0.1) is 12.7 Å². The lowest BCUT2D eigenvalue weighted by Crippen LogP contribution is -2.43. The molecular formula is C19H15ClFN5O3. The van der Waals surface area contributed by atoms with E-state index in [2.05, 4.69) is 15.7 Å². The lowest BCUT2D eigenvalue weighted by Gasteiger charge is -2.20. The van der Waals surface area contributed by atoms with Gasteiger partial charge in [-0.15, -0.1) is 0 Å². The van der Waals surface area contributed by atoms with E-state index >= 15 is 0 Å². The maximum Gasteiger partial charge on any atom is 0.263 e. The van der Waals surface area contributed by atoms with Crippen molar-refractivity contribution in [2.45, 2.75) is 19.0 Å². The average molecular weight is 416 g/mol. The Morgan fingerprint density at radius 3 is 2.72 bits per heavy atom. The molecule has 0 aromatic heterocycles. The van der Waals surface area contributed by atoms with Crippen LogP contribution in [0.3, 0.4) is 0 Å². The summed E-state index contributed by atoms with van der Waals surface area (Å²) in [6.45, 7) is 1.64. The Hall–Kier alpha value is -3.33. The molecule has 0 radical (unpaired) electrons. The van der Waals surface area contributed by atoms with Crippen molar-refractivity contribution in [3.8, 4) is 0 Å². The van der Waals surface area contributed by atoms with Crippen molar-refractivity contribution in [3.05, 3.63) is 58.9 Å². The molecule has 1 saturated heterocycles. The third-order valence-corrected chi connectivity index (χ3v) is 4.92. The van der Waals surface area contributed by atoms with Gasteiger partial charge in [-0.2, -0.15) is 5.11 Å². The van der Waals surface area contributed by atoms with Crippen molar-refractivity contribution in [3.63, 3.8) is 0 Å². The summed E-state index contributed by atoms with van der Waals surface area (Å²) in [7, 11) is 0. The molecule has 2 heterocycles. The number of nitrogens with one attached hydrogen (secondary N) is 1. The van der Waals surface area contributed by atoms with Crippen molar-refractivity contribution in [1.82, 2.24) is 5.01 Å². The number of hydrogen-bond donors (Lipinski definition) is 1. The predicted octanol–water partition coefficient (Wildman–Crippen LogP) is 2.72. The fourth-order valence-corrected chi connectivity index (χ4v) is 3.48. The molecule has 1 N–H and O–H groups in total. The first kappa shape index (κ1) is 19.0. The molecule has 0 saturated carbocycles. The Labute approximate surface area is 169 Å². The van der Waals surface area contributed by atoms with Gasteiger partial charge in [0.15, 0.2) is 12.1 Å². The van der Waals surface area contributed by atoms with Gasteiger partial charge >= 0.3 is 0 Å². The van der Waals surface area contributed by atoms with E-state index < -0.39 is 35.6 Å². The number of aryl methyl sites for hydroxylation is 1. The Kier molecular flexibility index (Phi) is 4.75. The van der Waals surface area contributed by atoms with Crippen molar-refractivity contribution < 1.29 is 18.8 Å². The van der Waals surface area contributed by atoms with Crippen LogP contribution in [0.15, 0.2) is 52.8 Å². The number of rotatable bonds is 4. The second kappa shape index (κ2) is 7.25. The zero-order valence-electron chi connectivity index (χ0n) is 15.2. The van der Waals surface area contributed by atoms with E-state index in [1.54, 1.807) is 18.2 Å². The first-order chi connectivity index (χ1) is 13.8. The van der Waals surface area contributed by atoms with Gasteiger partial charge in [0.25, 0.3) is 11.8 Å². The summed E-state index contributed by atoms with van der Waals surface area (Å²) in [5, 5.41) is 11.4. The van der Waals surface area contributed by atoms with Gasteiger partial charge in [-0.05, 0) is 42.8 Å². The van der Waals surface area contributed by atoms with Gasteiger partial charge in [-0.3, -0.25) is 19.4 Å². The smallest absolute Gasteiger partial charge is 0.263 e. The zero-order chi connectivity index (χ0) is 20.7. The third-order valence-electron chi connectivity index (χ3n) is 4.63. The van der Waals surface area contributed by atoms with Gasteiger partial charge in [-0.25, -0.2) is 9.29 Å². The third kappa shape index (κ3) is 3.44. The van der Waals surface area contributed by atoms with Gasteiger partial charge < -0.3 is 5.32 Å². The standard InChI is InChI=1S/C19H15ClFN5O3/c1-10-3-2-4-11(7-10)22-15(27)9-25-17-16(23-24-25)18(28)26(19(17)29)12-5-6-14(21)13(20)8-12/h2-8,16-17H,9H2,1H3,(H,22,27)/t16-,17-/m0/s1. The summed E-state index contributed by atoms with van der Waals surface area (Å²) in [4.78, 5) is 38.8. The Morgan fingerprint density at radius 2 is 2.00 bits per heavy atom. The largest absolute Gasteiger partial charge is 0.324 e. The Balaban J connectivity index is 1.50. The number of carbonyl (C=O) groups excluding carboxylic acids is 3. The molecule has 2 aromatic carbocycles. The van der Waals surface area contributed by atoms with Crippen molar-refractivity contribution in [2.75, 3.05) is 16.8 Å². The van der Waals surface area contributed by atoms with Gasteiger partial charge in [0.05, 0.1) is 10.7 Å². The molecule has 4 rings (SSSR count). The highest BCUT2D eigenvalue weighted by atomic mass is 35.5. The molecule has 0 aliphatic carbocycles. The Bertz CT molecular complexity index is 1060. The first-order valence-electron chi connectivity index (χ1n) is 8.72. The van der Waals surface area contributed by atoms with E-state index in [0.717, 1.165) is 16.5 Å². The van der Waals surface area contributed by atoms with Crippen LogP contribution in [0.25, 0.3) is 0 Å². The molecule has 148 valence electrons. The molecule has 2 aliphatic heterocycles. The first-order valence-corrected chi connectivity index (χ1v) is 9.10. The van der Waals surface area contributed by atoms with Gasteiger partial charge in [-0.1, -0.05) is 29.0 Å². The Morgan fingerprint density at radius 1 is 1.21 bits per heavy atom. The van der Waals surface area contributed by atoms with Crippen LogP contribution >= 0.6 is 11.6 Å². The summed E-state index contributed by atoms with van der Waals surface area (Å²) in [6, 6.07) is 8.70. The lowest BCUT2D eigenvalue weighted by atomic mass is 10.1. The zero-order valence-corrected chi connectivity index (χ0v) is 15.9. The maximum absolute atomic E-state index is 13.4. The molecule has 2 aliphatic rings. The van der Waals surface area contributed by atoms with E-state index in [9.17, 15) is 18.8 Å². The second-order valence-corrected chi connectivity index (χ2v) is 7.13. The number of anilines is 2. The number of nitrogens with zero attached hydrogens (tertiary/aromatic N) is 4. The molecule has 10 heteroatoms. The van der Waals surface area contributed by atoms with Crippen LogP contribution < -0.4 is 10.2 Å². The SMILES string of the molecule is Cc1cccc(NC(=O)CN2N=N[C@@H]3C(=O)N(c4ccc(F)c(Cl)c4)C(=O)[C@H]32)c1. The van der Waals surface area contributed by atoms with E-state index in [1.165, 1.54) is 17.1 Å². The average Bonchev–Trinajstić information content (AvgIpc) is 3.18. The molecule has 29 heavy (non-hydrogen) atoms. The molecule has 8 nitrogen and oxygen atoms in total. The molecule has 0 spiro atoms. The van der Waals surface area contributed by atoms with E-state index in [1.807, 2.05) is 13.0 Å². The van der Waals surface area contributed by atoms with E-state index in [4.69, 9.17) is 11.6 Å². The van der Waals surface area contributed by atoms with Crippen molar-refractivity contribution in [2.24, 2.45) is 10.3 Å². The van der Waals surface area contributed by atoms with Crippen LogP contribution in [0.2, 0.25) is 5.02 Å². The highest BCUT2D eigenvalue weighted by Gasteiger charge is 2.55. The summed E-state index contributed by atoms with van der Waals surface area (Å²) < 4.78 is 13.4. The summed E-state index contributed by atoms with van der Waals surface area (Å²) in [5.74, 6) is -2.27. The molecule has 2 aromatic rings. The molecule has 0 unspecified atom stereocenters.